The average Bonchev–Trinajstić information content (AvgIpc) is 2.84. The van der Waals surface area contributed by atoms with Crippen LogP contribution in [0.25, 0.3) is 10.9 Å². The summed E-state index contributed by atoms with van der Waals surface area (Å²) in [4.78, 5) is 0. The maximum Gasteiger partial charge on any atom is 0.129 e. The monoisotopic (exact) mass is 328 g/mol. The lowest BCUT2D eigenvalue weighted by Crippen LogP contribution is -2.00. The second kappa shape index (κ2) is 5.10. The van der Waals surface area contributed by atoms with Crippen LogP contribution in [0.3, 0.4) is 0 Å². The van der Waals surface area contributed by atoms with Crippen molar-refractivity contribution in [3.8, 4) is 6.07 Å². The van der Waals surface area contributed by atoms with Gasteiger partial charge in [0.2, 0.25) is 0 Å². The number of fused-ring (bicyclic) bond motifs is 1. The Morgan fingerprint density at radius 1 is 1.15 bits per heavy atom. The summed E-state index contributed by atoms with van der Waals surface area (Å²) in [5.41, 5.74) is 2.16. The second-order valence-electron chi connectivity index (χ2n) is 4.56. The molecule has 0 fully saturated rings. The van der Waals surface area contributed by atoms with Crippen LogP contribution in [-0.2, 0) is 6.54 Å². The third kappa shape index (κ3) is 2.33. The van der Waals surface area contributed by atoms with Crippen LogP contribution < -0.4 is 0 Å². The molecule has 2 nitrogen and oxygen atoms in total. The molecule has 0 spiro atoms. The van der Waals surface area contributed by atoms with E-state index in [4.69, 9.17) is 5.26 Å². The van der Waals surface area contributed by atoms with Crippen molar-refractivity contribution in [1.82, 2.24) is 4.57 Å². The van der Waals surface area contributed by atoms with E-state index in [1.54, 1.807) is 12.1 Å². The highest BCUT2D eigenvalue weighted by molar-refractivity contribution is 9.10. The summed E-state index contributed by atoms with van der Waals surface area (Å²) < 4.78 is 16.6. The topological polar surface area (TPSA) is 28.7 Å². The SMILES string of the molecule is N#Cc1ccc2ccn(Cc3ccc(Br)cc3F)c2c1. The molecule has 0 N–H and O–H groups in total. The molecule has 0 bridgehead atoms. The molecule has 4 heteroatoms. The first-order valence-electron chi connectivity index (χ1n) is 6.10. The van der Waals surface area contributed by atoms with Crippen LogP contribution in [0.15, 0.2) is 53.1 Å². The third-order valence-corrected chi connectivity index (χ3v) is 3.75. The van der Waals surface area contributed by atoms with Gasteiger partial charge in [0.25, 0.3) is 0 Å². The molecule has 2 aromatic carbocycles. The van der Waals surface area contributed by atoms with Gasteiger partial charge in [0.15, 0.2) is 0 Å². The standard InChI is InChI=1S/C16H10BrFN2/c17-14-4-3-13(15(18)8-14)10-20-6-5-12-2-1-11(9-19)7-16(12)20/h1-8H,10H2. The minimum Gasteiger partial charge on any atom is -0.343 e. The minimum atomic E-state index is -0.238. The van der Waals surface area contributed by atoms with E-state index in [1.807, 2.05) is 35.0 Å². The molecule has 20 heavy (non-hydrogen) atoms. The summed E-state index contributed by atoms with van der Waals surface area (Å²) in [6.45, 7) is 0.442. The van der Waals surface area contributed by atoms with E-state index in [0.717, 1.165) is 15.4 Å². The Labute approximate surface area is 124 Å². The second-order valence-corrected chi connectivity index (χ2v) is 5.48. The molecule has 0 unspecified atom stereocenters. The van der Waals surface area contributed by atoms with Crippen molar-refractivity contribution in [1.29, 1.82) is 5.26 Å². The number of hydrogen-bond donors (Lipinski definition) is 0. The molecule has 0 aliphatic heterocycles. The number of benzene rings is 2. The van der Waals surface area contributed by atoms with Gasteiger partial charge in [0, 0.05) is 21.7 Å². The molecule has 1 heterocycles. The molecule has 0 saturated carbocycles. The Morgan fingerprint density at radius 2 is 2.00 bits per heavy atom. The van der Waals surface area contributed by atoms with Gasteiger partial charge in [-0.2, -0.15) is 5.26 Å². The molecule has 0 atom stereocenters. The first-order chi connectivity index (χ1) is 9.67. The van der Waals surface area contributed by atoms with E-state index in [9.17, 15) is 4.39 Å². The highest BCUT2D eigenvalue weighted by atomic mass is 79.9. The molecule has 3 rings (SSSR count). The van der Waals surface area contributed by atoms with Gasteiger partial charge in [-0.3, -0.25) is 0 Å². The summed E-state index contributed by atoms with van der Waals surface area (Å²) in [5, 5.41) is 10.0. The van der Waals surface area contributed by atoms with Crippen molar-refractivity contribution in [2.24, 2.45) is 0 Å². The van der Waals surface area contributed by atoms with Gasteiger partial charge in [-0.1, -0.05) is 28.1 Å². The molecular weight excluding hydrogens is 319 g/mol. The Morgan fingerprint density at radius 3 is 2.75 bits per heavy atom. The highest BCUT2D eigenvalue weighted by Gasteiger charge is 2.07. The summed E-state index contributed by atoms with van der Waals surface area (Å²) in [6.07, 6.45) is 1.91. The average molecular weight is 329 g/mol. The summed E-state index contributed by atoms with van der Waals surface area (Å²) >= 11 is 3.25. The maximum absolute atomic E-state index is 13.9. The third-order valence-electron chi connectivity index (χ3n) is 3.26. The lowest BCUT2D eigenvalue weighted by atomic mass is 10.1. The minimum absolute atomic E-state index is 0.238. The Kier molecular flexibility index (Phi) is 3.29. The Balaban J connectivity index is 2.04. The number of nitriles is 1. The molecule has 0 saturated heterocycles. The van der Waals surface area contributed by atoms with E-state index in [0.29, 0.717) is 17.7 Å². The smallest absolute Gasteiger partial charge is 0.129 e. The zero-order valence-corrected chi connectivity index (χ0v) is 12.1. The zero-order chi connectivity index (χ0) is 14.1. The van der Waals surface area contributed by atoms with E-state index < -0.39 is 0 Å². The van der Waals surface area contributed by atoms with Crippen LogP contribution in [-0.4, -0.2) is 4.57 Å². The first-order valence-corrected chi connectivity index (χ1v) is 6.89. The molecular formula is C16H10BrFN2. The predicted octanol–water partition coefficient (Wildman–Crippen LogP) is 4.46. The molecule has 0 radical (unpaired) electrons. The zero-order valence-electron chi connectivity index (χ0n) is 10.5. The molecule has 98 valence electrons. The van der Waals surface area contributed by atoms with Crippen molar-refractivity contribution >= 4 is 26.8 Å². The lowest BCUT2D eigenvalue weighted by molar-refractivity contribution is 0.601. The fraction of sp³-hybridized carbons (Fsp3) is 0.0625. The van der Waals surface area contributed by atoms with E-state index >= 15 is 0 Å². The molecule has 1 aromatic heterocycles. The summed E-state index contributed by atoms with van der Waals surface area (Å²) in [6, 6.07) is 14.7. The van der Waals surface area contributed by atoms with Gasteiger partial charge >= 0.3 is 0 Å². The van der Waals surface area contributed by atoms with Crippen LogP contribution in [0.1, 0.15) is 11.1 Å². The predicted molar refractivity (Wildman–Crippen MR) is 79.9 cm³/mol. The largest absolute Gasteiger partial charge is 0.343 e. The van der Waals surface area contributed by atoms with Crippen LogP contribution in [0.2, 0.25) is 0 Å². The molecule has 0 amide bonds. The lowest BCUT2D eigenvalue weighted by Gasteiger charge is -2.07. The number of halogens is 2. The van der Waals surface area contributed by atoms with E-state index in [2.05, 4.69) is 22.0 Å². The van der Waals surface area contributed by atoms with Crippen molar-refractivity contribution in [3.05, 3.63) is 70.1 Å². The Hall–Kier alpha value is -2.12. The highest BCUT2D eigenvalue weighted by Crippen LogP contribution is 2.21. The number of nitrogens with zero attached hydrogens (tertiary/aromatic N) is 2. The van der Waals surface area contributed by atoms with Crippen molar-refractivity contribution in [2.45, 2.75) is 6.54 Å². The quantitative estimate of drug-likeness (QED) is 0.682. The van der Waals surface area contributed by atoms with Crippen LogP contribution in [0.4, 0.5) is 4.39 Å². The maximum atomic E-state index is 13.9. The molecule has 0 aliphatic carbocycles. The van der Waals surface area contributed by atoms with Crippen LogP contribution in [0, 0.1) is 17.1 Å². The van der Waals surface area contributed by atoms with Gasteiger partial charge < -0.3 is 4.57 Å². The van der Waals surface area contributed by atoms with Gasteiger partial charge in [0.05, 0.1) is 18.2 Å². The number of rotatable bonds is 2. The van der Waals surface area contributed by atoms with Gasteiger partial charge in [0.1, 0.15) is 5.82 Å². The first kappa shape index (κ1) is 12.9. The van der Waals surface area contributed by atoms with Gasteiger partial charge in [-0.05, 0) is 35.7 Å². The Bertz CT molecular complexity index is 830. The fourth-order valence-corrected chi connectivity index (χ4v) is 2.56. The molecule has 0 aliphatic rings. The fourth-order valence-electron chi connectivity index (χ4n) is 2.22. The van der Waals surface area contributed by atoms with Crippen LogP contribution >= 0.6 is 15.9 Å². The molecule has 3 aromatic rings. The van der Waals surface area contributed by atoms with Crippen molar-refractivity contribution in [2.75, 3.05) is 0 Å². The van der Waals surface area contributed by atoms with Gasteiger partial charge in [-0.15, -0.1) is 0 Å². The number of aromatic nitrogens is 1. The van der Waals surface area contributed by atoms with E-state index in [1.165, 1.54) is 6.07 Å². The van der Waals surface area contributed by atoms with E-state index in [-0.39, 0.29) is 5.82 Å². The van der Waals surface area contributed by atoms with Crippen molar-refractivity contribution < 1.29 is 4.39 Å². The van der Waals surface area contributed by atoms with Gasteiger partial charge in [-0.25, -0.2) is 4.39 Å². The summed E-state index contributed by atoms with van der Waals surface area (Å²) in [5.74, 6) is -0.238. The number of hydrogen-bond acceptors (Lipinski definition) is 1. The summed E-state index contributed by atoms with van der Waals surface area (Å²) in [7, 11) is 0. The normalized spacial score (nSPS) is 10.7. The van der Waals surface area contributed by atoms with Crippen molar-refractivity contribution in [3.63, 3.8) is 0 Å². The van der Waals surface area contributed by atoms with Crippen LogP contribution in [0.5, 0.6) is 0 Å².